The molecule has 2 aromatic rings. The molecule has 164 valence electrons. The molecule has 2 aromatic carbocycles. The summed E-state index contributed by atoms with van der Waals surface area (Å²) in [5.74, 6) is -0.435. The van der Waals surface area contributed by atoms with Gasteiger partial charge in [-0.15, -0.1) is 0 Å². The summed E-state index contributed by atoms with van der Waals surface area (Å²) in [6, 6.07) is 16.5. The number of nitrogens with zero attached hydrogens (tertiary/aromatic N) is 3. The fraction of sp³-hybridized carbons (Fsp3) is 0.391. The topological polar surface area (TPSA) is 78.0 Å². The van der Waals surface area contributed by atoms with Crippen molar-refractivity contribution < 1.29 is 18.0 Å². The molecule has 2 fully saturated rings. The number of rotatable bonds is 5. The van der Waals surface area contributed by atoms with Gasteiger partial charge in [-0.3, -0.25) is 9.59 Å². The largest absolute Gasteiger partial charge is 0.340 e. The van der Waals surface area contributed by atoms with E-state index in [-0.39, 0.29) is 42.1 Å². The number of hydrogen-bond donors (Lipinski definition) is 0. The van der Waals surface area contributed by atoms with E-state index in [1.54, 1.807) is 34.1 Å². The zero-order valence-electron chi connectivity index (χ0n) is 17.6. The van der Waals surface area contributed by atoms with Crippen LogP contribution < -0.4 is 0 Å². The second-order valence-corrected chi connectivity index (χ2v) is 10.1. The van der Waals surface area contributed by atoms with Crippen LogP contribution in [-0.4, -0.2) is 67.1 Å². The summed E-state index contributed by atoms with van der Waals surface area (Å²) in [5.41, 5.74) is 2.04. The maximum Gasteiger partial charge on any atom is 0.243 e. The normalized spacial score (nSPS) is 20.3. The molecular weight excluding hydrogens is 414 g/mol. The van der Waals surface area contributed by atoms with Crippen LogP contribution in [-0.2, 0) is 26.2 Å². The van der Waals surface area contributed by atoms with Crippen molar-refractivity contribution in [3.8, 4) is 0 Å². The van der Waals surface area contributed by atoms with E-state index in [2.05, 4.69) is 0 Å². The standard InChI is InChI=1S/C23H27N3O4S/c1-18-7-9-21(10-8-18)31(29,30)26-13-11-24(12-14-26)23(28)20-15-22(27)25(17-20)16-19-5-3-2-4-6-19/h2-10,20H,11-17H2,1H3. The zero-order valence-corrected chi connectivity index (χ0v) is 18.4. The van der Waals surface area contributed by atoms with E-state index in [0.29, 0.717) is 26.2 Å². The molecule has 1 atom stereocenters. The molecule has 0 bridgehead atoms. The van der Waals surface area contributed by atoms with Gasteiger partial charge in [0.05, 0.1) is 10.8 Å². The third kappa shape index (κ3) is 4.65. The third-order valence-electron chi connectivity index (χ3n) is 5.99. The van der Waals surface area contributed by atoms with Crippen molar-refractivity contribution in [2.24, 2.45) is 5.92 Å². The number of likely N-dealkylation sites (tertiary alicyclic amines) is 1. The first-order valence-corrected chi connectivity index (χ1v) is 12.0. The predicted molar refractivity (Wildman–Crippen MR) is 116 cm³/mol. The first-order valence-electron chi connectivity index (χ1n) is 10.5. The van der Waals surface area contributed by atoms with Crippen LogP contribution in [0.5, 0.6) is 0 Å². The maximum atomic E-state index is 13.0. The van der Waals surface area contributed by atoms with E-state index in [0.717, 1.165) is 11.1 Å². The van der Waals surface area contributed by atoms with Gasteiger partial charge in [0, 0.05) is 45.7 Å². The van der Waals surface area contributed by atoms with Crippen LogP contribution in [0.2, 0.25) is 0 Å². The summed E-state index contributed by atoms with van der Waals surface area (Å²) in [4.78, 5) is 29.1. The van der Waals surface area contributed by atoms with Gasteiger partial charge in [0.1, 0.15) is 0 Å². The maximum absolute atomic E-state index is 13.0. The number of carbonyl (C=O) groups is 2. The average Bonchev–Trinajstić information content (AvgIpc) is 3.14. The van der Waals surface area contributed by atoms with E-state index in [9.17, 15) is 18.0 Å². The summed E-state index contributed by atoms with van der Waals surface area (Å²) in [6.07, 6.45) is 0.216. The van der Waals surface area contributed by atoms with Gasteiger partial charge in [-0.25, -0.2) is 8.42 Å². The van der Waals surface area contributed by atoms with Crippen LogP contribution in [0.4, 0.5) is 0 Å². The Hall–Kier alpha value is -2.71. The van der Waals surface area contributed by atoms with Gasteiger partial charge in [-0.2, -0.15) is 4.31 Å². The molecule has 2 saturated heterocycles. The van der Waals surface area contributed by atoms with Gasteiger partial charge in [0.25, 0.3) is 0 Å². The van der Waals surface area contributed by atoms with Crippen molar-refractivity contribution in [1.29, 1.82) is 0 Å². The molecule has 7 nitrogen and oxygen atoms in total. The fourth-order valence-corrected chi connectivity index (χ4v) is 5.58. The first-order chi connectivity index (χ1) is 14.8. The van der Waals surface area contributed by atoms with Crippen molar-refractivity contribution in [2.45, 2.75) is 24.8 Å². The minimum Gasteiger partial charge on any atom is -0.340 e. The summed E-state index contributed by atoms with van der Waals surface area (Å²) < 4.78 is 27.2. The van der Waals surface area contributed by atoms with Crippen molar-refractivity contribution in [2.75, 3.05) is 32.7 Å². The molecule has 0 spiro atoms. The van der Waals surface area contributed by atoms with Gasteiger partial charge in [0.15, 0.2) is 0 Å². The second kappa shape index (κ2) is 8.80. The molecule has 0 aromatic heterocycles. The van der Waals surface area contributed by atoms with Crippen LogP contribution in [0.1, 0.15) is 17.5 Å². The van der Waals surface area contributed by atoms with Crippen molar-refractivity contribution in [1.82, 2.24) is 14.1 Å². The summed E-state index contributed by atoms with van der Waals surface area (Å²) in [6.45, 7) is 4.03. The Labute approximate surface area is 183 Å². The third-order valence-corrected chi connectivity index (χ3v) is 7.90. The van der Waals surface area contributed by atoms with Gasteiger partial charge in [0.2, 0.25) is 21.8 Å². The Morgan fingerprint density at radius 3 is 2.26 bits per heavy atom. The highest BCUT2D eigenvalue weighted by Crippen LogP contribution is 2.24. The quantitative estimate of drug-likeness (QED) is 0.710. The molecule has 2 aliphatic heterocycles. The Kier molecular flexibility index (Phi) is 6.11. The van der Waals surface area contributed by atoms with Gasteiger partial charge >= 0.3 is 0 Å². The lowest BCUT2D eigenvalue weighted by molar-refractivity contribution is -0.137. The SMILES string of the molecule is Cc1ccc(S(=O)(=O)N2CCN(C(=O)C3CC(=O)N(Cc4ccccc4)C3)CC2)cc1. The molecular formula is C23H27N3O4S. The smallest absolute Gasteiger partial charge is 0.243 e. The highest BCUT2D eigenvalue weighted by Gasteiger charge is 2.38. The molecule has 1 unspecified atom stereocenters. The lowest BCUT2D eigenvalue weighted by Crippen LogP contribution is -2.52. The number of amides is 2. The van der Waals surface area contributed by atoms with E-state index in [1.165, 1.54) is 4.31 Å². The zero-order chi connectivity index (χ0) is 22.0. The van der Waals surface area contributed by atoms with E-state index in [1.807, 2.05) is 37.3 Å². The number of carbonyl (C=O) groups excluding carboxylic acids is 2. The van der Waals surface area contributed by atoms with Gasteiger partial charge < -0.3 is 9.80 Å². The molecule has 0 aliphatic carbocycles. The Bertz CT molecular complexity index is 1050. The van der Waals surface area contributed by atoms with Crippen molar-refractivity contribution in [3.05, 3.63) is 65.7 Å². The van der Waals surface area contributed by atoms with Gasteiger partial charge in [-0.1, -0.05) is 48.0 Å². The highest BCUT2D eigenvalue weighted by molar-refractivity contribution is 7.89. The Morgan fingerprint density at radius 2 is 1.61 bits per heavy atom. The molecule has 2 amide bonds. The van der Waals surface area contributed by atoms with E-state index in [4.69, 9.17) is 0 Å². The average molecular weight is 442 g/mol. The van der Waals surface area contributed by atoms with Crippen LogP contribution in [0, 0.1) is 12.8 Å². The molecule has 4 rings (SSSR count). The molecule has 0 N–H and O–H groups in total. The van der Waals surface area contributed by atoms with Crippen LogP contribution in [0.15, 0.2) is 59.5 Å². The molecule has 31 heavy (non-hydrogen) atoms. The fourth-order valence-electron chi connectivity index (χ4n) is 4.16. The van der Waals surface area contributed by atoms with Crippen molar-refractivity contribution >= 4 is 21.8 Å². The van der Waals surface area contributed by atoms with Crippen LogP contribution in [0.25, 0.3) is 0 Å². The summed E-state index contributed by atoms with van der Waals surface area (Å²) >= 11 is 0. The van der Waals surface area contributed by atoms with E-state index < -0.39 is 10.0 Å². The minimum atomic E-state index is -3.57. The first kappa shape index (κ1) is 21.5. The molecule has 2 aliphatic rings. The highest BCUT2D eigenvalue weighted by atomic mass is 32.2. The number of piperazine rings is 1. The molecule has 0 radical (unpaired) electrons. The molecule has 0 saturated carbocycles. The number of sulfonamides is 1. The summed E-state index contributed by atoms with van der Waals surface area (Å²) in [7, 11) is -3.57. The second-order valence-electron chi connectivity index (χ2n) is 8.20. The minimum absolute atomic E-state index is 0.0113. The van der Waals surface area contributed by atoms with Gasteiger partial charge in [-0.05, 0) is 24.6 Å². The number of benzene rings is 2. The van der Waals surface area contributed by atoms with Crippen LogP contribution >= 0.6 is 0 Å². The van der Waals surface area contributed by atoms with E-state index >= 15 is 0 Å². The predicted octanol–water partition coefficient (Wildman–Crippen LogP) is 1.88. The number of aryl methyl sites for hydroxylation is 1. The van der Waals surface area contributed by atoms with Crippen molar-refractivity contribution in [3.63, 3.8) is 0 Å². The Balaban J connectivity index is 1.34. The lowest BCUT2D eigenvalue weighted by atomic mass is 10.1. The lowest BCUT2D eigenvalue weighted by Gasteiger charge is -2.35. The molecule has 2 heterocycles. The number of hydrogen-bond acceptors (Lipinski definition) is 4. The Morgan fingerprint density at radius 1 is 0.968 bits per heavy atom. The monoisotopic (exact) mass is 441 g/mol. The van der Waals surface area contributed by atoms with Crippen LogP contribution in [0.3, 0.4) is 0 Å². The summed E-state index contributed by atoms with van der Waals surface area (Å²) in [5, 5.41) is 0. The molecule has 8 heteroatoms.